The van der Waals surface area contributed by atoms with Crippen LogP contribution in [0.5, 0.6) is 5.75 Å². The van der Waals surface area contributed by atoms with Crippen LogP contribution in [0.2, 0.25) is 5.02 Å². The Morgan fingerprint density at radius 1 is 0.867 bits per heavy atom. The maximum atomic E-state index is 12.3. The summed E-state index contributed by atoms with van der Waals surface area (Å²) >= 11 is 5.84. The number of anilines is 1. The zero-order valence-corrected chi connectivity index (χ0v) is 17.2. The molecule has 0 heterocycles. The summed E-state index contributed by atoms with van der Waals surface area (Å²) in [6.45, 7) is 1.78. The number of benzene rings is 3. The van der Waals surface area contributed by atoms with Gasteiger partial charge in [-0.15, -0.1) is 0 Å². The standard InChI is InChI=1S/C23H20ClN3O3/c1-15(26-27-23(29)18-4-3-5-21(14-18)30-2)16-8-12-20(13-9-16)25-22(28)17-6-10-19(24)11-7-17/h3-14H,1-2H3,(H,25,28)(H,27,29)/b26-15-. The molecule has 2 amide bonds. The van der Waals surface area contributed by atoms with Crippen LogP contribution < -0.4 is 15.5 Å². The van der Waals surface area contributed by atoms with Crippen molar-refractivity contribution >= 4 is 34.8 Å². The molecular formula is C23H20ClN3O3. The number of amides is 2. The number of halogens is 1. The molecule has 0 spiro atoms. The van der Waals surface area contributed by atoms with Gasteiger partial charge in [0.2, 0.25) is 0 Å². The van der Waals surface area contributed by atoms with E-state index in [4.69, 9.17) is 16.3 Å². The van der Waals surface area contributed by atoms with Crippen LogP contribution >= 0.6 is 11.6 Å². The molecule has 0 fully saturated rings. The van der Waals surface area contributed by atoms with Gasteiger partial charge in [0.05, 0.1) is 12.8 Å². The maximum Gasteiger partial charge on any atom is 0.271 e. The van der Waals surface area contributed by atoms with Crippen molar-refractivity contribution in [1.29, 1.82) is 0 Å². The van der Waals surface area contributed by atoms with Gasteiger partial charge in [-0.1, -0.05) is 29.8 Å². The van der Waals surface area contributed by atoms with E-state index in [0.29, 0.717) is 33.3 Å². The van der Waals surface area contributed by atoms with Gasteiger partial charge < -0.3 is 10.1 Å². The summed E-state index contributed by atoms with van der Waals surface area (Å²) < 4.78 is 5.12. The molecule has 0 aliphatic heterocycles. The molecule has 152 valence electrons. The molecule has 0 aliphatic carbocycles. The minimum absolute atomic E-state index is 0.227. The van der Waals surface area contributed by atoms with Crippen LogP contribution in [0.25, 0.3) is 0 Å². The van der Waals surface area contributed by atoms with Crippen LogP contribution in [0.15, 0.2) is 77.9 Å². The number of hydrogen-bond donors (Lipinski definition) is 2. The van der Waals surface area contributed by atoms with Crippen molar-refractivity contribution in [3.63, 3.8) is 0 Å². The van der Waals surface area contributed by atoms with Crippen LogP contribution in [0.3, 0.4) is 0 Å². The van der Waals surface area contributed by atoms with Gasteiger partial charge in [-0.25, -0.2) is 5.43 Å². The lowest BCUT2D eigenvalue weighted by Gasteiger charge is -2.07. The highest BCUT2D eigenvalue weighted by Gasteiger charge is 2.08. The fourth-order valence-electron chi connectivity index (χ4n) is 2.63. The second-order valence-corrected chi connectivity index (χ2v) is 6.84. The number of carbonyl (C=O) groups is 2. The summed E-state index contributed by atoms with van der Waals surface area (Å²) in [4.78, 5) is 24.5. The van der Waals surface area contributed by atoms with Crippen molar-refractivity contribution < 1.29 is 14.3 Å². The quantitative estimate of drug-likeness (QED) is 0.445. The molecule has 6 nitrogen and oxygen atoms in total. The topological polar surface area (TPSA) is 79.8 Å². The van der Waals surface area contributed by atoms with Crippen molar-refractivity contribution in [2.75, 3.05) is 12.4 Å². The summed E-state index contributed by atoms with van der Waals surface area (Å²) in [5, 5.41) is 7.55. The zero-order chi connectivity index (χ0) is 21.5. The molecule has 3 rings (SSSR count). The van der Waals surface area contributed by atoms with E-state index in [0.717, 1.165) is 5.56 Å². The van der Waals surface area contributed by atoms with Gasteiger partial charge in [0, 0.05) is 21.8 Å². The number of ether oxygens (including phenoxy) is 1. The molecular weight excluding hydrogens is 402 g/mol. The van der Waals surface area contributed by atoms with E-state index < -0.39 is 0 Å². The van der Waals surface area contributed by atoms with Crippen LogP contribution in [-0.2, 0) is 0 Å². The SMILES string of the molecule is COc1cccc(C(=O)N/N=C(/C)c2ccc(NC(=O)c3ccc(Cl)cc3)cc2)c1. The van der Waals surface area contributed by atoms with Gasteiger partial charge in [-0.05, 0) is 67.1 Å². The highest BCUT2D eigenvalue weighted by Crippen LogP contribution is 2.15. The number of nitrogens with one attached hydrogen (secondary N) is 2. The first kappa shape index (κ1) is 21.1. The average Bonchev–Trinajstić information content (AvgIpc) is 2.78. The minimum Gasteiger partial charge on any atom is -0.497 e. The highest BCUT2D eigenvalue weighted by molar-refractivity contribution is 6.30. The van der Waals surface area contributed by atoms with Crippen molar-refractivity contribution in [3.05, 3.63) is 94.5 Å². The second-order valence-electron chi connectivity index (χ2n) is 6.41. The largest absolute Gasteiger partial charge is 0.497 e. The third-order valence-electron chi connectivity index (χ3n) is 4.32. The van der Waals surface area contributed by atoms with Gasteiger partial charge in [0.15, 0.2) is 0 Å². The fraction of sp³-hybridized carbons (Fsp3) is 0.0870. The Morgan fingerprint density at radius 2 is 1.53 bits per heavy atom. The van der Waals surface area contributed by atoms with Crippen molar-refractivity contribution in [1.82, 2.24) is 5.43 Å². The Balaban J connectivity index is 1.62. The molecule has 3 aromatic carbocycles. The van der Waals surface area contributed by atoms with Gasteiger partial charge in [-0.3, -0.25) is 9.59 Å². The van der Waals surface area contributed by atoms with Crippen LogP contribution in [0.1, 0.15) is 33.2 Å². The highest BCUT2D eigenvalue weighted by atomic mass is 35.5. The number of carbonyl (C=O) groups excluding carboxylic acids is 2. The summed E-state index contributed by atoms with van der Waals surface area (Å²) in [6, 6.07) is 20.6. The third-order valence-corrected chi connectivity index (χ3v) is 4.58. The lowest BCUT2D eigenvalue weighted by atomic mass is 10.1. The summed E-state index contributed by atoms with van der Waals surface area (Å²) in [7, 11) is 1.54. The van der Waals surface area contributed by atoms with Gasteiger partial charge in [0.25, 0.3) is 11.8 Å². The first-order valence-electron chi connectivity index (χ1n) is 9.12. The zero-order valence-electron chi connectivity index (χ0n) is 16.5. The minimum atomic E-state index is -0.333. The third kappa shape index (κ3) is 5.46. The first-order chi connectivity index (χ1) is 14.5. The molecule has 0 unspecified atom stereocenters. The molecule has 3 aromatic rings. The monoisotopic (exact) mass is 421 g/mol. The molecule has 0 aliphatic rings. The van der Waals surface area contributed by atoms with Gasteiger partial charge in [0.1, 0.15) is 5.75 Å². The van der Waals surface area contributed by atoms with Crippen LogP contribution in [0.4, 0.5) is 5.69 Å². The molecule has 0 saturated heterocycles. The molecule has 0 aromatic heterocycles. The first-order valence-corrected chi connectivity index (χ1v) is 9.50. The van der Waals surface area contributed by atoms with E-state index in [1.807, 2.05) is 12.1 Å². The Kier molecular flexibility index (Phi) is 6.83. The van der Waals surface area contributed by atoms with Crippen molar-refractivity contribution in [2.45, 2.75) is 6.92 Å². The smallest absolute Gasteiger partial charge is 0.271 e. The molecule has 0 atom stereocenters. The fourth-order valence-corrected chi connectivity index (χ4v) is 2.75. The summed E-state index contributed by atoms with van der Waals surface area (Å²) in [6.07, 6.45) is 0. The summed E-state index contributed by atoms with van der Waals surface area (Å²) in [5.41, 5.74) is 5.58. The van der Waals surface area contributed by atoms with E-state index in [-0.39, 0.29) is 11.8 Å². The van der Waals surface area contributed by atoms with Crippen LogP contribution in [0, 0.1) is 0 Å². The van der Waals surface area contributed by atoms with E-state index in [2.05, 4.69) is 15.8 Å². The molecule has 0 saturated carbocycles. The van der Waals surface area contributed by atoms with E-state index >= 15 is 0 Å². The Morgan fingerprint density at radius 3 is 2.20 bits per heavy atom. The Bertz CT molecular complexity index is 1080. The lowest BCUT2D eigenvalue weighted by molar-refractivity contribution is 0.0953. The van der Waals surface area contributed by atoms with E-state index in [1.54, 1.807) is 74.7 Å². The number of hydrogen-bond acceptors (Lipinski definition) is 4. The second kappa shape index (κ2) is 9.71. The molecule has 30 heavy (non-hydrogen) atoms. The predicted molar refractivity (Wildman–Crippen MR) is 119 cm³/mol. The van der Waals surface area contributed by atoms with Crippen molar-refractivity contribution in [3.8, 4) is 5.75 Å². The number of hydrazone groups is 1. The number of methoxy groups -OCH3 is 1. The maximum absolute atomic E-state index is 12.3. The van der Waals surface area contributed by atoms with Gasteiger partial charge in [-0.2, -0.15) is 5.10 Å². The molecule has 7 heteroatoms. The summed E-state index contributed by atoms with van der Waals surface area (Å²) in [5.74, 6) is 0.0371. The van der Waals surface area contributed by atoms with E-state index in [1.165, 1.54) is 0 Å². The van der Waals surface area contributed by atoms with Crippen molar-refractivity contribution in [2.24, 2.45) is 5.10 Å². The van der Waals surface area contributed by atoms with E-state index in [9.17, 15) is 9.59 Å². The molecule has 0 bridgehead atoms. The Hall–Kier alpha value is -3.64. The number of rotatable bonds is 6. The molecule has 0 radical (unpaired) electrons. The van der Waals surface area contributed by atoms with Gasteiger partial charge >= 0.3 is 0 Å². The predicted octanol–water partition coefficient (Wildman–Crippen LogP) is 4.75. The van der Waals surface area contributed by atoms with Crippen LogP contribution in [-0.4, -0.2) is 24.6 Å². The average molecular weight is 422 g/mol. The normalized spacial score (nSPS) is 11.0. The Labute approximate surface area is 179 Å². The number of nitrogens with zero attached hydrogens (tertiary/aromatic N) is 1. The molecule has 2 N–H and O–H groups in total. The lowest BCUT2D eigenvalue weighted by Crippen LogP contribution is -2.19.